The highest BCUT2D eigenvalue weighted by molar-refractivity contribution is 6.33. The minimum Gasteiger partial charge on any atom is -0.412 e. The molecule has 0 unspecified atom stereocenters. The molecule has 15 nitrogen and oxygen atoms in total. The van der Waals surface area contributed by atoms with Crippen molar-refractivity contribution in [1.82, 2.24) is 24.5 Å². The molecule has 2 aromatic rings. The predicted octanol–water partition coefficient (Wildman–Crippen LogP) is 1.11. The van der Waals surface area contributed by atoms with Gasteiger partial charge in [-0.25, -0.2) is 4.79 Å². The topological polar surface area (TPSA) is 263 Å². The number of likely N-dealkylation sites (tertiary alicyclic amines) is 2. The van der Waals surface area contributed by atoms with E-state index in [1.807, 2.05) is 29.2 Å². The minimum absolute atomic E-state index is 0. The van der Waals surface area contributed by atoms with E-state index in [0.29, 0.717) is 51.6 Å². The largest absolute Gasteiger partial charge is 0.418 e. The summed E-state index contributed by atoms with van der Waals surface area (Å²) in [6.07, 6.45) is -1.39. The molecular weight excluding hydrogens is 786 g/mol. The lowest BCUT2D eigenvalue weighted by Crippen LogP contribution is -2.53. The second-order valence-corrected chi connectivity index (χ2v) is 14.6. The van der Waals surface area contributed by atoms with Crippen LogP contribution < -0.4 is 11.1 Å². The zero-order valence-electron chi connectivity index (χ0n) is 31.5. The standard InChI is InChI=1S/C36H47ClF3N7O3.ClH.5H2O/c1-43-16-18-44(19-17-43)27-7-13-46(14-8-27)34(49)26(20-24-21-29(36(38,39)40)33(41)30(37)22-24)23-32(48)45-11-9-28(10-12-45)47-15-6-25-4-2-3-5-31(25)42-35(47)50;;;;;;/h2-5,21-22,26-28H,6-20,23,41H2,1H3,(H,42,50);1H;5*1H2/t26-;;;;;;/m0....../s1. The number of nitrogens with one attached hydrogen (secondary N) is 1. The number of benzene rings is 2. The quantitative estimate of drug-likeness (QED) is 0.386. The maximum atomic E-state index is 14.1. The van der Waals surface area contributed by atoms with Crippen molar-refractivity contribution in [3.05, 3.63) is 58.1 Å². The lowest BCUT2D eigenvalue weighted by molar-refractivity contribution is -0.143. The molecule has 0 bridgehead atoms. The van der Waals surface area contributed by atoms with Gasteiger partial charge in [0.1, 0.15) is 0 Å². The number of carbonyl (C=O) groups excluding carboxylic acids is 3. The van der Waals surface area contributed by atoms with Crippen molar-refractivity contribution < 1.29 is 54.9 Å². The molecule has 2 aromatic carbocycles. The summed E-state index contributed by atoms with van der Waals surface area (Å²) in [6, 6.07) is 10.3. The van der Waals surface area contributed by atoms with E-state index in [9.17, 15) is 27.6 Å². The van der Waals surface area contributed by atoms with Gasteiger partial charge in [0.05, 0.1) is 22.2 Å². The third kappa shape index (κ3) is 12.3. The summed E-state index contributed by atoms with van der Waals surface area (Å²) in [7, 11) is 2.11. The van der Waals surface area contributed by atoms with Gasteiger partial charge in [-0.2, -0.15) is 13.2 Å². The maximum Gasteiger partial charge on any atom is 0.418 e. The number of amides is 4. The summed E-state index contributed by atoms with van der Waals surface area (Å²) in [5, 5.41) is 2.78. The highest BCUT2D eigenvalue weighted by Crippen LogP contribution is 2.38. The van der Waals surface area contributed by atoms with E-state index in [1.54, 1.807) is 9.80 Å². The monoisotopic (exact) mass is 843 g/mol. The fraction of sp³-hybridized carbons (Fsp3) is 0.583. The normalized spacial score (nSPS) is 18.8. The molecule has 6 rings (SSSR count). The summed E-state index contributed by atoms with van der Waals surface area (Å²) < 4.78 is 41.5. The van der Waals surface area contributed by atoms with Gasteiger partial charge in [0.2, 0.25) is 11.8 Å². The van der Waals surface area contributed by atoms with Crippen LogP contribution in [-0.2, 0) is 28.6 Å². The molecule has 0 aliphatic carbocycles. The number of nitrogens with zero attached hydrogens (tertiary/aromatic N) is 5. The van der Waals surface area contributed by atoms with Gasteiger partial charge in [0.25, 0.3) is 0 Å². The highest BCUT2D eigenvalue weighted by atomic mass is 35.5. The molecule has 0 spiro atoms. The zero-order valence-corrected chi connectivity index (χ0v) is 33.0. The number of urea groups is 1. The van der Waals surface area contributed by atoms with Gasteiger partial charge in [0.15, 0.2) is 0 Å². The Kier molecular flexibility index (Phi) is 21.1. The first-order valence-corrected chi connectivity index (χ1v) is 18.0. The fourth-order valence-corrected chi connectivity index (χ4v) is 8.20. The number of alkyl halides is 3. The minimum atomic E-state index is -4.72. The zero-order chi connectivity index (χ0) is 35.6. The number of carbonyl (C=O) groups is 3. The van der Waals surface area contributed by atoms with Crippen LogP contribution in [0.2, 0.25) is 5.02 Å². The van der Waals surface area contributed by atoms with Gasteiger partial charge in [-0.05, 0) is 74.9 Å². The first-order valence-electron chi connectivity index (χ1n) is 17.7. The number of anilines is 2. The van der Waals surface area contributed by atoms with Crippen LogP contribution in [0.25, 0.3) is 0 Å². The molecule has 1 atom stereocenters. The number of fused-ring (bicyclic) bond motifs is 1. The number of likely N-dealkylation sites (N-methyl/N-ethyl adjacent to an activating group) is 1. The Labute approximate surface area is 336 Å². The number of hydrogen-bond donors (Lipinski definition) is 2. The molecule has 4 aliphatic rings. The lowest BCUT2D eigenvalue weighted by Gasteiger charge is -2.42. The first-order chi connectivity index (χ1) is 23.9. The Morgan fingerprint density at radius 2 is 1.43 bits per heavy atom. The second-order valence-electron chi connectivity index (χ2n) is 14.2. The number of halogens is 5. The van der Waals surface area contributed by atoms with Crippen LogP contribution in [0.3, 0.4) is 0 Å². The molecule has 4 aliphatic heterocycles. The summed E-state index contributed by atoms with van der Waals surface area (Å²) in [5.41, 5.74) is 6.19. The number of nitrogen functional groups attached to an aromatic ring is 1. The molecule has 0 radical (unpaired) electrons. The maximum absolute atomic E-state index is 14.1. The molecule has 56 heavy (non-hydrogen) atoms. The summed E-state index contributed by atoms with van der Waals surface area (Å²) in [6.45, 7) is 6.46. The van der Waals surface area contributed by atoms with Gasteiger partial charge in [-0.1, -0.05) is 29.8 Å². The van der Waals surface area contributed by atoms with Crippen molar-refractivity contribution in [2.75, 3.05) is 77.0 Å². The molecule has 4 amide bonds. The summed E-state index contributed by atoms with van der Waals surface area (Å²) in [4.78, 5) is 51.1. The van der Waals surface area contributed by atoms with Crippen molar-refractivity contribution in [2.24, 2.45) is 5.92 Å². The molecular formula is C36H58Cl2F3N7O8. The van der Waals surface area contributed by atoms with Gasteiger partial charge in [0, 0.05) is 83.1 Å². The molecule has 13 N–H and O–H groups in total. The van der Waals surface area contributed by atoms with E-state index in [1.165, 1.54) is 6.07 Å². The third-order valence-electron chi connectivity index (χ3n) is 11.0. The molecule has 4 heterocycles. The smallest absolute Gasteiger partial charge is 0.412 e. The van der Waals surface area contributed by atoms with E-state index < -0.39 is 23.3 Å². The molecule has 320 valence electrons. The number of nitrogens with two attached hydrogens (primary N) is 1. The number of piperidine rings is 2. The highest BCUT2D eigenvalue weighted by Gasteiger charge is 2.38. The van der Waals surface area contributed by atoms with E-state index in [-0.39, 0.29) is 87.1 Å². The molecule has 20 heteroatoms. The van der Waals surface area contributed by atoms with Crippen LogP contribution in [0.1, 0.15) is 48.8 Å². The molecule has 3 fully saturated rings. The molecule has 0 aromatic heterocycles. The lowest BCUT2D eigenvalue weighted by atomic mass is 9.91. The van der Waals surface area contributed by atoms with E-state index in [0.717, 1.165) is 62.8 Å². The number of hydrogen-bond acceptors (Lipinski definition) is 6. The van der Waals surface area contributed by atoms with Crippen LogP contribution >= 0.6 is 24.0 Å². The van der Waals surface area contributed by atoms with Gasteiger partial charge in [-0.3, -0.25) is 14.5 Å². The average molecular weight is 845 g/mol. The van der Waals surface area contributed by atoms with E-state index in [4.69, 9.17) is 17.3 Å². The predicted molar refractivity (Wildman–Crippen MR) is 212 cm³/mol. The Bertz CT molecular complexity index is 1570. The second kappa shape index (κ2) is 22.5. The number of piperazine rings is 1. The van der Waals surface area contributed by atoms with Crippen LogP contribution in [0.4, 0.5) is 29.3 Å². The summed E-state index contributed by atoms with van der Waals surface area (Å²) >= 11 is 6.15. The summed E-state index contributed by atoms with van der Waals surface area (Å²) in [5.74, 6) is -1.32. The van der Waals surface area contributed by atoms with Crippen LogP contribution in [0, 0.1) is 5.92 Å². The van der Waals surface area contributed by atoms with Crippen LogP contribution in [-0.4, -0.2) is 148 Å². The number of rotatable bonds is 7. The average Bonchev–Trinajstić information content (AvgIpc) is 3.27. The Balaban J connectivity index is 0.00000504. The van der Waals surface area contributed by atoms with Gasteiger partial charge in [-0.15, -0.1) is 12.4 Å². The Hall–Kier alpha value is -3.46. The Morgan fingerprint density at radius 3 is 2.04 bits per heavy atom. The Morgan fingerprint density at radius 1 is 0.857 bits per heavy atom. The van der Waals surface area contributed by atoms with E-state index in [2.05, 4.69) is 22.2 Å². The van der Waals surface area contributed by atoms with Gasteiger partial charge >= 0.3 is 12.2 Å². The van der Waals surface area contributed by atoms with Crippen molar-refractivity contribution in [2.45, 2.75) is 63.2 Å². The SMILES string of the molecule is CN1CCN(C2CCN(C(=O)[C@H](CC(=O)N3CCC(N4CCc5ccccc5NC4=O)CC3)Cc3cc(Cl)c(N)c(C(F)(F)F)c3)CC2)CC1.Cl.O.O.O.O.O. The van der Waals surface area contributed by atoms with Crippen molar-refractivity contribution >= 4 is 53.2 Å². The van der Waals surface area contributed by atoms with Crippen molar-refractivity contribution in [3.63, 3.8) is 0 Å². The number of para-hydroxylation sites is 1. The first kappa shape index (κ1) is 52.5. The van der Waals surface area contributed by atoms with Gasteiger partial charge < -0.3 is 58.0 Å². The third-order valence-corrected chi connectivity index (χ3v) is 11.3. The van der Waals surface area contributed by atoms with Crippen molar-refractivity contribution in [1.29, 1.82) is 0 Å². The fourth-order valence-electron chi connectivity index (χ4n) is 7.96. The van der Waals surface area contributed by atoms with Crippen molar-refractivity contribution in [3.8, 4) is 0 Å². The molecule has 3 saturated heterocycles. The molecule has 0 saturated carbocycles. The van der Waals surface area contributed by atoms with Crippen LogP contribution in [0.15, 0.2) is 36.4 Å². The van der Waals surface area contributed by atoms with Crippen LogP contribution in [0.5, 0.6) is 0 Å². The van der Waals surface area contributed by atoms with E-state index >= 15 is 0 Å².